The molecule has 2 nitrogen and oxygen atoms in total. The third-order valence-corrected chi connectivity index (χ3v) is 5.31. The van der Waals surface area contributed by atoms with Crippen molar-refractivity contribution in [3.05, 3.63) is 57.3 Å². The number of thiophene rings is 1. The summed E-state index contributed by atoms with van der Waals surface area (Å²) in [6, 6.07) is 10.3. The second-order valence-corrected chi connectivity index (χ2v) is 6.57. The van der Waals surface area contributed by atoms with Gasteiger partial charge in [-0.2, -0.15) is 0 Å². The van der Waals surface area contributed by atoms with Crippen LogP contribution in [0.1, 0.15) is 58.6 Å². The molecule has 1 heterocycles. The first-order chi connectivity index (χ1) is 10.3. The van der Waals surface area contributed by atoms with Crippen molar-refractivity contribution in [1.82, 2.24) is 5.32 Å². The third kappa shape index (κ3) is 3.03. The molecule has 0 saturated carbocycles. The van der Waals surface area contributed by atoms with Gasteiger partial charge in [-0.15, -0.1) is 11.3 Å². The molecular weight excluding hydrogens is 278 g/mol. The third-order valence-electron chi connectivity index (χ3n) is 4.22. The zero-order valence-corrected chi connectivity index (χ0v) is 13.2. The Morgan fingerprint density at radius 3 is 2.76 bits per heavy atom. The van der Waals surface area contributed by atoms with E-state index in [1.807, 2.05) is 23.6 Å². The monoisotopic (exact) mass is 299 g/mol. The average Bonchev–Trinajstić information content (AvgIpc) is 2.97. The molecule has 1 aliphatic carbocycles. The van der Waals surface area contributed by atoms with Crippen LogP contribution in [0.5, 0.6) is 0 Å². The number of carbonyl (C=O) groups is 1. The summed E-state index contributed by atoms with van der Waals surface area (Å²) in [7, 11) is 0. The van der Waals surface area contributed by atoms with Crippen LogP contribution in [0.3, 0.4) is 0 Å². The van der Waals surface area contributed by atoms with E-state index in [1.165, 1.54) is 28.8 Å². The number of nitrogens with one attached hydrogen (secondary N) is 1. The van der Waals surface area contributed by atoms with Gasteiger partial charge < -0.3 is 5.32 Å². The quantitative estimate of drug-likeness (QED) is 0.884. The normalized spacial score (nSPS) is 15.3. The van der Waals surface area contributed by atoms with E-state index in [0.717, 1.165) is 24.8 Å². The first kappa shape index (κ1) is 14.3. The van der Waals surface area contributed by atoms with Crippen molar-refractivity contribution in [2.24, 2.45) is 0 Å². The van der Waals surface area contributed by atoms with Crippen molar-refractivity contribution < 1.29 is 4.79 Å². The fourth-order valence-corrected chi connectivity index (χ4v) is 4.15. The van der Waals surface area contributed by atoms with Crippen molar-refractivity contribution in [1.29, 1.82) is 0 Å². The van der Waals surface area contributed by atoms with Crippen molar-refractivity contribution in [3.8, 4) is 0 Å². The Bertz CT molecular complexity index is 617. The molecule has 0 saturated heterocycles. The molecule has 3 heteroatoms. The molecule has 0 unspecified atom stereocenters. The summed E-state index contributed by atoms with van der Waals surface area (Å²) < 4.78 is 0. The summed E-state index contributed by atoms with van der Waals surface area (Å²) in [4.78, 5) is 14.0. The fraction of sp³-hybridized carbons (Fsp3) is 0.389. The van der Waals surface area contributed by atoms with E-state index in [4.69, 9.17) is 0 Å². The predicted octanol–water partition coefficient (Wildman–Crippen LogP) is 4.51. The van der Waals surface area contributed by atoms with Gasteiger partial charge in [-0.3, -0.25) is 4.79 Å². The van der Waals surface area contributed by atoms with Crippen LogP contribution in [-0.4, -0.2) is 5.91 Å². The molecule has 21 heavy (non-hydrogen) atoms. The lowest BCUT2D eigenvalue weighted by Crippen LogP contribution is -2.28. The zero-order chi connectivity index (χ0) is 14.7. The van der Waals surface area contributed by atoms with Crippen LogP contribution in [0.25, 0.3) is 0 Å². The molecule has 1 aromatic carbocycles. The second-order valence-electron chi connectivity index (χ2n) is 5.60. The van der Waals surface area contributed by atoms with E-state index in [0.29, 0.717) is 0 Å². The molecule has 3 rings (SSSR count). The minimum absolute atomic E-state index is 0.0881. The molecule has 0 fully saturated rings. The second kappa shape index (κ2) is 6.44. The molecule has 1 aliphatic rings. The van der Waals surface area contributed by atoms with Crippen molar-refractivity contribution in [2.75, 3.05) is 0 Å². The van der Waals surface area contributed by atoms with Gasteiger partial charge in [-0.1, -0.05) is 37.3 Å². The smallest absolute Gasteiger partial charge is 0.252 e. The maximum Gasteiger partial charge on any atom is 0.252 e. The van der Waals surface area contributed by atoms with Crippen LogP contribution in [0.2, 0.25) is 0 Å². The first-order valence-corrected chi connectivity index (χ1v) is 8.62. The minimum atomic E-state index is 0.0881. The molecule has 0 spiro atoms. The number of aryl methyl sites for hydroxylation is 1. The van der Waals surface area contributed by atoms with Gasteiger partial charge in [0.1, 0.15) is 0 Å². The Balaban J connectivity index is 1.78. The molecular formula is C18H21NOS. The SMILES string of the molecule is CC[C@@H](NC(=O)c1csc2c1CCCC2)c1ccccc1. The molecule has 0 bridgehead atoms. The van der Waals surface area contributed by atoms with Gasteiger partial charge in [0.05, 0.1) is 11.6 Å². The zero-order valence-electron chi connectivity index (χ0n) is 12.4. The van der Waals surface area contributed by atoms with E-state index >= 15 is 0 Å². The summed E-state index contributed by atoms with van der Waals surface area (Å²) in [6.45, 7) is 2.11. The standard InChI is InChI=1S/C18H21NOS/c1-2-16(13-8-4-3-5-9-13)19-18(20)15-12-21-17-11-7-6-10-14(15)17/h3-5,8-9,12,16H,2,6-7,10-11H2,1H3,(H,19,20)/t16-/m1/s1. The van der Waals surface area contributed by atoms with Crippen LogP contribution in [-0.2, 0) is 12.8 Å². The van der Waals surface area contributed by atoms with Gasteiger partial charge >= 0.3 is 0 Å². The average molecular weight is 299 g/mol. The van der Waals surface area contributed by atoms with E-state index in [1.54, 1.807) is 11.3 Å². The van der Waals surface area contributed by atoms with E-state index in [2.05, 4.69) is 24.4 Å². The number of fused-ring (bicyclic) bond motifs is 1. The number of carbonyl (C=O) groups excluding carboxylic acids is 1. The highest BCUT2D eigenvalue weighted by Gasteiger charge is 2.21. The summed E-state index contributed by atoms with van der Waals surface area (Å²) in [6.07, 6.45) is 5.57. The summed E-state index contributed by atoms with van der Waals surface area (Å²) in [5.41, 5.74) is 3.38. The Labute approximate surface area is 130 Å². The summed E-state index contributed by atoms with van der Waals surface area (Å²) in [5, 5.41) is 5.25. The highest BCUT2D eigenvalue weighted by Crippen LogP contribution is 2.30. The summed E-state index contributed by atoms with van der Waals surface area (Å²) >= 11 is 1.75. The molecule has 1 amide bonds. The fourth-order valence-electron chi connectivity index (χ4n) is 3.03. The maximum atomic E-state index is 12.6. The first-order valence-electron chi connectivity index (χ1n) is 7.74. The van der Waals surface area contributed by atoms with Gasteiger partial charge in [-0.25, -0.2) is 0 Å². The number of amides is 1. The molecule has 1 aromatic heterocycles. The van der Waals surface area contributed by atoms with Gasteiger partial charge in [-0.05, 0) is 43.2 Å². The minimum Gasteiger partial charge on any atom is -0.345 e. The topological polar surface area (TPSA) is 29.1 Å². The summed E-state index contributed by atoms with van der Waals surface area (Å²) in [5.74, 6) is 0.0881. The van der Waals surface area contributed by atoms with E-state index in [-0.39, 0.29) is 11.9 Å². The van der Waals surface area contributed by atoms with Crippen LogP contribution >= 0.6 is 11.3 Å². The predicted molar refractivity (Wildman–Crippen MR) is 87.9 cm³/mol. The molecule has 0 radical (unpaired) electrons. The molecule has 2 aromatic rings. The van der Waals surface area contributed by atoms with Crippen LogP contribution in [0.4, 0.5) is 0 Å². The Morgan fingerprint density at radius 2 is 2.00 bits per heavy atom. The van der Waals surface area contributed by atoms with Gasteiger partial charge in [0.25, 0.3) is 5.91 Å². The van der Waals surface area contributed by atoms with Crippen molar-refractivity contribution >= 4 is 17.2 Å². The number of rotatable bonds is 4. The number of hydrogen-bond donors (Lipinski definition) is 1. The highest BCUT2D eigenvalue weighted by atomic mass is 32.1. The molecule has 1 N–H and O–H groups in total. The van der Waals surface area contributed by atoms with Crippen LogP contribution in [0, 0.1) is 0 Å². The maximum absolute atomic E-state index is 12.6. The van der Waals surface area contributed by atoms with E-state index < -0.39 is 0 Å². The van der Waals surface area contributed by atoms with Crippen LogP contribution < -0.4 is 5.32 Å². The Kier molecular flexibility index (Phi) is 4.39. The van der Waals surface area contributed by atoms with Crippen LogP contribution in [0.15, 0.2) is 35.7 Å². The largest absolute Gasteiger partial charge is 0.345 e. The Morgan fingerprint density at radius 1 is 1.24 bits per heavy atom. The molecule has 1 atom stereocenters. The number of benzene rings is 1. The molecule has 0 aliphatic heterocycles. The lowest BCUT2D eigenvalue weighted by atomic mass is 9.95. The van der Waals surface area contributed by atoms with Crippen molar-refractivity contribution in [2.45, 2.75) is 45.1 Å². The van der Waals surface area contributed by atoms with Crippen molar-refractivity contribution in [3.63, 3.8) is 0 Å². The lowest BCUT2D eigenvalue weighted by Gasteiger charge is -2.18. The van der Waals surface area contributed by atoms with Gasteiger partial charge in [0, 0.05) is 10.3 Å². The van der Waals surface area contributed by atoms with Gasteiger partial charge in [0.2, 0.25) is 0 Å². The number of hydrogen-bond acceptors (Lipinski definition) is 2. The lowest BCUT2D eigenvalue weighted by molar-refractivity contribution is 0.0935. The molecule has 110 valence electrons. The Hall–Kier alpha value is -1.61. The van der Waals surface area contributed by atoms with Gasteiger partial charge in [0.15, 0.2) is 0 Å². The highest BCUT2D eigenvalue weighted by molar-refractivity contribution is 7.10. The van der Waals surface area contributed by atoms with E-state index in [9.17, 15) is 4.79 Å².